The van der Waals surface area contributed by atoms with E-state index in [0.717, 1.165) is 5.56 Å². The zero-order valence-corrected chi connectivity index (χ0v) is 16.1. The van der Waals surface area contributed by atoms with Crippen LogP contribution in [0.3, 0.4) is 0 Å². The number of methoxy groups -OCH3 is 1. The number of halogens is 2. The Morgan fingerprint density at radius 3 is 2.60 bits per heavy atom. The molecule has 0 saturated heterocycles. The highest BCUT2D eigenvalue weighted by molar-refractivity contribution is 5.95. The molecule has 0 atom stereocenters. The quantitative estimate of drug-likeness (QED) is 0.554. The minimum absolute atomic E-state index is 0.0352. The highest BCUT2D eigenvalue weighted by Crippen LogP contribution is 2.29. The molecular weight excluding hydrogens is 394 g/mol. The minimum atomic E-state index is -2.93. The van der Waals surface area contributed by atoms with E-state index in [-0.39, 0.29) is 17.4 Å². The predicted octanol–water partition coefficient (Wildman–Crippen LogP) is 3.80. The molecule has 0 spiro atoms. The number of carbonyl (C=O) groups excluding carboxylic acids is 1. The van der Waals surface area contributed by atoms with Gasteiger partial charge in [-0.25, -0.2) is 9.97 Å². The Kier molecular flexibility index (Phi) is 7.09. The van der Waals surface area contributed by atoms with Crippen molar-refractivity contribution in [2.75, 3.05) is 19.0 Å². The molecule has 1 heterocycles. The Bertz CT molecular complexity index is 987. The van der Waals surface area contributed by atoms with Gasteiger partial charge in [0.25, 0.3) is 5.91 Å². The summed E-state index contributed by atoms with van der Waals surface area (Å²) in [4.78, 5) is 20.6. The van der Waals surface area contributed by atoms with Crippen molar-refractivity contribution < 1.29 is 23.0 Å². The number of ether oxygens (including phenoxy) is 2. The molecule has 1 amide bonds. The van der Waals surface area contributed by atoms with Crippen LogP contribution in [0.15, 0.2) is 60.9 Å². The molecule has 3 rings (SSSR count). The molecular formula is C21H20F2N4O3. The SMILES string of the molecule is COc1cc(CCNC(=O)c2cccc(Nc3ncccn3)c2)ccc1OC(F)F. The van der Waals surface area contributed by atoms with Crippen LogP contribution in [-0.4, -0.2) is 36.1 Å². The maximum atomic E-state index is 12.4. The molecule has 0 bridgehead atoms. The molecule has 30 heavy (non-hydrogen) atoms. The van der Waals surface area contributed by atoms with Crippen LogP contribution in [0.2, 0.25) is 0 Å². The van der Waals surface area contributed by atoms with Gasteiger partial charge in [0.1, 0.15) is 0 Å². The van der Waals surface area contributed by atoms with Crippen molar-refractivity contribution in [2.45, 2.75) is 13.0 Å². The number of alkyl halides is 2. The first-order chi connectivity index (χ1) is 14.5. The predicted molar refractivity (Wildman–Crippen MR) is 107 cm³/mol. The van der Waals surface area contributed by atoms with Crippen molar-refractivity contribution in [3.05, 3.63) is 72.1 Å². The summed E-state index contributed by atoms with van der Waals surface area (Å²) in [6.07, 6.45) is 3.73. The fourth-order valence-electron chi connectivity index (χ4n) is 2.71. The summed E-state index contributed by atoms with van der Waals surface area (Å²) in [5, 5.41) is 5.86. The van der Waals surface area contributed by atoms with Crippen LogP contribution in [0.1, 0.15) is 15.9 Å². The summed E-state index contributed by atoms with van der Waals surface area (Å²) in [7, 11) is 1.38. The second-order valence-electron chi connectivity index (χ2n) is 6.15. The summed E-state index contributed by atoms with van der Waals surface area (Å²) >= 11 is 0. The number of carbonyl (C=O) groups is 1. The Morgan fingerprint density at radius 1 is 1.07 bits per heavy atom. The molecule has 3 aromatic rings. The number of nitrogens with zero attached hydrogens (tertiary/aromatic N) is 2. The Balaban J connectivity index is 1.56. The first kappa shape index (κ1) is 21.0. The van der Waals surface area contributed by atoms with E-state index >= 15 is 0 Å². The van der Waals surface area contributed by atoms with Gasteiger partial charge in [-0.05, 0) is 48.4 Å². The molecule has 9 heteroatoms. The van der Waals surface area contributed by atoms with E-state index in [4.69, 9.17) is 4.74 Å². The lowest BCUT2D eigenvalue weighted by Crippen LogP contribution is -2.25. The van der Waals surface area contributed by atoms with E-state index in [9.17, 15) is 13.6 Å². The van der Waals surface area contributed by atoms with E-state index in [1.807, 2.05) is 6.07 Å². The van der Waals surface area contributed by atoms with Gasteiger partial charge in [-0.3, -0.25) is 4.79 Å². The molecule has 0 unspecified atom stereocenters. The average molecular weight is 414 g/mol. The van der Waals surface area contributed by atoms with Crippen LogP contribution in [0.4, 0.5) is 20.4 Å². The summed E-state index contributed by atoms with van der Waals surface area (Å²) < 4.78 is 34.3. The van der Waals surface area contributed by atoms with Gasteiger partial charge in [0.2, 0.25) is 5.95 Å². The Labute approximate surface area is 172 Å². The van der Waals surface area contributed by atoms with Crippen LogP contribution in [0.25, 0.3) is 0 Å². The molecule has 7 nitrogen and oxygen atoms in total. The average Bonchev–Trinajstić information content (AvgIpc) is 2.75. The molecule has 1 aromatic heterocycles. The normalized spacial score (nSPS) is 10.5. The number of nitrogens with one attached hydrogen (secondary N) is 2. The largest absolute Gasteiger partial charge is 0.493 e. The van der Waals surface area contributed by atoms with Crippen molar-refractivity contribution in [1.29, 1.82) is 0 Å². The van der Waals surface area contributed by atoms with Gasteiger partial charge in [-0.15, -0.1) is 0 Å². The van der Waals surface area contributed by atoms with Crippen molar-refractivity contribution in [2.24, 2.45) is 0 Å². The highest BCUT2D eigenvalue weighted by atomic mass is 19.3. The van der Waals surface area contributed by atoms with E-state index in [0.29, 0.717) is 30.2 Å². The van der Waals surface area contributed by atoms with E-state index < -0.39 is 6.61 Å². The topological polar surface area (TPSA) is 85.4 Å². The lowest BCUT2D eigenvalue weighted by molar-refractivity contribution is -0.0512. The molecule has 156 valence electrons. The monoisotopic (exact) mass is 414 g/mol. The molecule has 0 fully saturated rings. The summed E-state index contributed by atoms with van der Waals surface area (Å²) in [5.74, 6) is 0.369. The third-order valence-corrected chi connectivity index (χ3v) is 4.09. The first-order valence-electron chi connectivity index (χ1n) is 9.09. The maximum Gasteiger partial charge on any atom is 0.387 e. The van der Waals surface area contributed by atoms with Crippen molar-refractivity contribution in [3.63, 3.8) is 0 Å². The molecule has 2 aromatic carbocycles. The molecule has 0 aliphatic carbocycles. The Morgan fingerprint density at radius 2 is 1.87 bits per heavy atom. The van der Waals surface area contributed by atoms with Crippen LogP contribution < -0.4 is 20.1 Å². The van der Waals surface area contributed by atoms with Crippen molar-refractivity contribution >= 4 is 17.5 Å². The van der Waals surface area contributed by atoms with Gasteiger partial charge in [-0.2, -0.15) is 8.78 Å². The van der Waals surface area contributed by atoms with E-state index in [2.05, 4.69) is 25.3 Å². The van der Waals surface area contributed by atoms with Gasteiger partial charge >= 0.3 is 6.61 Å². The molecule has 0 radical (unpaired) electrons. The molecule has 0 aliphatic heterocycles. The van der Waals surface area contributed by atoms with Crippen LogP contribution >= 0.6 is 0 Å². The fraction of sp³-hybridized carbons (Fsp3) is 0.190. The second kappa shape index (κ2) is 10.1. The zero-order chi connectivity index (χ0) is 21.3. The minimum Gasteiger partial charge on any atom is -0.493 e. The van der Waals surface area contributed by atoms with Crippen LogP contribution in [0, 0.1) is 0 Å². The van der Waals surface area contributed by atoms with Gasteiger partial charge in [0.05, 0.1) is 7.11 Å². The number of hydrogen-bond acceptors (Lipinski definition) is 6. The van der Waals surface area contributed by atoms with Crippen molar-refractivity contribution in [3.8, 4) is 11.5 Å². The van der Waals surface area contributed by atoms with Crippen LogP contribution in [0.5, 0.6) is 11.5 Å². The van der Waals surface area contributed by atoms with Crippen LogP contribution in [-0.2, 0) is 6.42 Å². The third kappa shape index (κ3) is 5.87. The Hall–Kier alpha value is -3.75. The summed E-state index contributed by atoms with van der Waals surface area (Å²) in [6, 6.07) is 13.4. The lowest BCUT2D eigenvalue weighted by atomic mass is 10.1. The van der Waals surface area contributed by atoms with Gasteiger partial charge < -0.3 is 20.1 Å². The number of benzene rings is 2. The molecule has 0 saturated carbocycles. The molecule has 2 N–H and O–H groups in total. The van der Waals surface area contributed by atoms with Crippen molar-refractivity contribution in [1.82, 2.24) is 15.3 Å². The number of anilines is 2. The lowest BCUT2D eigenvalue weighted by Gasteiger charge is -2.12. The third-order valence-electron chi connectivity index (χ3n) is 4.09. The highest BCUT2D eigenvalue weighted by Gasteiger charge is 2.11. The smallest absolute Gasteiger partial charge is 0.387 e. The van der Waals surface area contributed by atoms with E-state index in [1.165, 1.54) is 13.2 Å². The number of rotatable bonds is 9. The summed E-state index contributed by atoms with van der Waals surface area (Å²) in [6.45, 7) is -2.57. The van der Waals surface area contributed by atoms with Gasteiger partial charge in [-0.1, -0.05) is 12.1 Å². The van der Waals surface area contributed by atoms with Gasteiger partial charge in [0, 0.05) is 30.2 Å². The summed E-state index contributed by atoms with van der Waals surface area (Å²) in [5.41, 5.74) is 1.98. The number of aromatic nitrogens is 2. The number of amides is 1. The van der Waals surface area contributed by atoms with Gasteiger partial charge in [0.15, 0.2) is 11.5 Å². The molecule has 0 aliphatic rings. The second-order valence-corrected chi connectivity index (χ2v) is 6.15. The number of hydrogen-bond donors (Lipinski definition) is 2. The maximum absolute atomic E-state index is 12.4. The standard InChI is InChI=1S/C21H20F2N4O3/c1-29-18-12-14(6-7-17(18)30-20(22)23)8-11-24-19(28)15-4-2-5-16(13-15)27-21-25-9-3-10-26-21/h2-7,9-10,12-13,20H,8,11H2,1H3,(H,24,28)(H,25,26,27). The van der Waals surface area contributed by atoms with E-state index in [1.54, 1.807) is 48.8 Å². The first-order valence-corrected chi connectivity index (χ1v) is 9.09. The fourth-order valence-corrected chi connectivity index (χ4v) is 2.71. The zero-order valence-electron chi connectivity index (χ0n) is 16.1.